The molecule has 20 heavy (non-hydrogen) atoms. The summed E-state index contributed by atoms with van der Waals surface area (Å²) in [6, 6.07) is 0. The number of thiazole rings is 1. The Labute approximate surface area is 125 Å². The molecule has 0 saturated heterocycles. The van der Waals surface area contributed by atoms with Crippen molar-refractivity contribution in [3.05, 3.63) is 10.6 Å². The molecule has 0 unspecified atom stereocenters. The number of ketones is 1. The highest BCUT2D eigenvalue weighted by Crippen LogP contribution is 2.40. The summed E-state index contributed by atoms with van der Waals surface area (Å²) >= 11 is 1.63. The van der Waals surface area contributed by atoms with Crippen LogP contribution in [0.1, 0.15) is 61.8 Å². The highest BCUT2D eigenvalue weighted by atomic mass is 32.1. The van der Waals surface area contributed by atoms with Crippen molar-refractivity contribution in [1.82, 2.24) is 4.98 Å². The van der Waals surface area contributed by atoms with Gasteiger partial charge in [-0.05, 0) is 37.0 Å². The van der Waals surface area contributed by atoms with Crippen molar-refractivity contribution in [1.29, 1.82) is 0 Å². The van der Waals surface area contributed by atoms with Crippen LogP contribution in [-0.2, 0) is 6.42 Å². The third-order valence-corrected chi connectivity index (χ3v) is 5.36. The second kappa shape index (κ2) is 5.14. The van der Waals surface area contributed by atoms with Gasteiger partial charge in [-0.2, -0.15) is 0 Å². The molecule has 3 nitrogen and oxygen atoms in total. The second-order valence-electron chi connectivity index (χ2n) is 7.10. The minimum atomic E-state index is 0.0709. The third-order valence-electron chi connectivity index (χ3n) is 4.16. The lowest BCUT2D eigenvalue weighted by molar-refractivity contribution is 0.0916. The monoisotopic (exact) mass is 292 g/mol. The number of nitrogens with zero attached hydrogens (tertiary/aromatic N) is 2. The van der Waals surface area contributed by atoms with Gasteiger partial charge >= 0.3 is 0 Å². The van der Waals surface area contributed by atoms with Gasteiger partial charge in [0.1, 0.15) is 0 Å². The van der Waals surface area contributed by atoms with E-state index in [4.69, 9.17) is 4.98 Å². The van der Waals surface area contributed by atoms with Gasteiger partial charge in [0.05, 0.1) is 10.6 Å². The van der Waals surface area contributed by atoms with Gasteiger partial charge in [-0.3, -0.25) is 4.79 Å². The fraction of sp³-hybridized carbons (Fsp3) is 0.750. The molecule has 1 heterocycles. The van der Waals surface area contributed by atoms with Crippen molar-refractivity contribution in [2.75, 3.05) is 18.0 Å². The average Bonchev–Trinajstić information content (AvgIpc) is 3.05. The van der Waals surface area contributed by atoms with Gasteiger partial charge in [0.2, 0.25) is 0 Å². The molecule has 0 N–H and O–H groups in total. The predicted octanol–water partition coefficient (Wildman–Crippen LogP) is 3.92. The molecule has 1 saturated carbocycles. The van der Waals surface area contributed by atoms with Crippen molar-refractivity contribution >= 4 is 22.3 Å². The Morgan fingerprint density at radius 1 is 1.35 bits per heavy atom. The average molecular weight is 292 g/mol. The highest BCUT2D eigenvalue weighted by molar-refractivity contribution is 7.17. The quantitative estimate of drug-likeness (QED) is 0.824. The molecule has 110 valence electrons. The lowest BCUT2D eigenvalue weighted by Crippen LogP contribution is -2.27. The Hall–Kier alpha value is -0.900. The van der Waals surface area contributed by atoms with E-state index in [0.29, 0.717) is 12.2 Å². The van der Waals surface area contributed by atoms with Crippen LogP contribution in [0.2, 0.25) is 0 Å². The van der Waals surface area contributed by atoms with E-state index in [1.165, 1.54) is 12.8 Å². The van der Waals surface area contributed by atoms with Crippen molar-refractivity contribution < 1.29 is 4.79 Å². The standard InChI is InChI=1S/C16H24N2OS/c1-4-7-18(10-11-5-6-11)15-17-12-8-16(2,3)9-13(19)14(12)20-15/h11H,4-10H2,1-3H3. The first-order valence-corrected chi connectivity index (χ1v) is 8.58. The van der Waals surface area contributed by atoms with Crippen LogP contribution in [0.5, 0.6) is 0 Å². The lowest BCUT2D eigenvalue weighted by Gasteiger charge is -2.26. The molecule has 0 aromatic carbocycles. The van der Waals surface area contributed by atoms with E-state index < -0.39 is 0 Å². The van der Waals surface area contributed by atoms with Crippen molar-refractivity contribution in [3.63, 3.8) is 0 Å². The summed E-state index contributed by atoms with van der Waals surface area (Å²) in [5, 5.41) is 1.08. The molecule has 1 fully saturated rings. The van der Waals surface area contributed by atoms with Gasteiger partial charge in [-0.25, -0.2) is 4.98 Å². The fourth-order valence-electron chi connectivity index (χ4n) is 2.99. The van der Waals surface area contributed by atoms with Gasteiger partial charge in [0.25, 0.3) is 0 Å². The van der Waals surface area contributed by atoms with E-state index in [9.17, 15) is 4.79 Å². The van der Waals surface area contributed by atoms with Crippen molar-refractivity contribution in [2.45, 2.75) is 52.9 Å². The van der Waals surface area contributed by atoms with Crippen LogP contribution in [0.25, 0.3) is 0 Å². The summed E-state index contributed by atoms with van der Waals surface area (Å²) in [5.41, 5.74) is 1.12. The first kappa shape index (κ1) is 14.1. The van der Waals surface area contributed by atoms with Gasteiger partial charge in [-0.1, -0.05) is 32.1 Å². The second-order valence-corrected chi connectivity index (χ2v) is 8.08. The number of carbonyl (C=O) groups is 1. The number of Topliss-reactive ketones (excluding diaryl/α,β-unsaturated/α-hetero) is 1. The van der Waals surface area contributed by atoms with E-state index in [-0.39, 0.29) is 5.41 Å². The van der Waals surface area contributed by atoms with Gasteiger partial charge in [0, 0.05) is 19.5 Å². The first-order valence-electron chi connectivity index (χ1n) is 7.76. The topological polar surface area (TPSA) is 33.2 Å². The number of fused-ring (bicyclic) bond motifs is 1. The van der Waals surface area contributed by atoms with E-state index in [0.717, 1.165) is 47.6 Å². The summed E-state index contributed by atoms with van der Waals surface area (Å²) in [4.78, 5) is 20.4. The molecule has 2 aliphatic carbocycles. The first-order chi connectivity index (χ1) is 9.48. The molecule has 0 amide bonds. The van der Waals surface area contributed by atoms with Crippen LogP contribution < -0.4 is 4.90 Å². The van der Waals surface area contributed by atoms with Crippen LogP contribution in [0.4, 0.5) is 5.13 Å². The zero-order valence-electron chi connectivity index (χ0n) is 12.7. The fourth-order valence-corrected chi connectivity index (χ4v) is 4.04. The summed E-state index contributed by atoms with van der Waals surface area (Å²) in [6.07, 6.45) is 5.46. The Bertz CT molecular complexity index is 517. The van der Waals surface area contributed by atoms with E-state index in [1.54, 1.807) is 11.3 Å². The highest BCUT2D eigenvalue weighted by Gasteiger charge is 2.35. The SMILES string of the molecule is CCCN(CC1CC1)c1nc2c(s1)C(=O)CC(C)(C)C2. The maximum absolute atomic E-state index is 12.3. The van der Waals surface area contributed by atoms with Crippen LogP contribution in [0.3, 0.4) is 0 Å². The van der Waals surface area contributed by atoms with Crippen molar-refractivity contribution in [2.24, 2.45) is 11.3 Å². The number of aromatic nitrogens is 1. The molecule has 0 aliphatic heterocycles. The summed E-state index contributed by atoms with van der Waals surface area (Å²) in [5.74, 6) is 1.15. The number of anilines is 1. The van der Waals surface area contributed by atoms with Gasteiger partial charge in [-0.15, -0.1) is 0 Å². The van der Waals surface area contributed by atoms with Gasteiger partial charge in [0.15, 0.2) is 10.9 Å². The Balaban J connectivity index is 1.85. The summed E-state index contributed by atoms with van der Waals surface area (Å²) < 4.78 is 0. The summed E-state index contributed by atoms with van der Waals surface area (Å²) in [6.45, 7) is 8.72. The minimum absolute atomic E-state index is 0.0709. The van der Waals surface area contributed by atoms with Crippen LogP contribution in [0, 0.1) is 11.3 Å². The van der Waals surface area contributed by atoms with Crippen LogP contribution in [-0.4, -0.2) is 23.9 Å². The third kappa shape index (κ3) is 2.90. The minimum Gasteiger partial charge on any atom is -0.348 e. The molecule has 0 bridgehead atoms. The normalized spacial score (nSPS) is 20.9. The molecular weight excluding hydrogens is 268 g/mol. The summed E-state index contributed by atoms with van der Waals surface area (Å²) in [7, 11) is 0. The maximum atomic E-state index is 12.3. The zero-order valence-corrected chi connectivity index (χ0v) is 13.6. The smallest absolute Gasteiger partial charge is 0.186 e. The molecule has 1 aromatic heterocycles. The molecule has 0 spiro atoms. The number of rotatable bonds is 5. The molecule has 4 heteroatoms. The molecule has 2 aliphatic rings. The van der Waals surface area contributed by atoms with E-state index in [2.05, 4.69) is 25.7 Å². The van der Waals surface area contributed by atoms with Crippen molar-refractivity contribution in [3.8, 4) is 0 Å². The number of hydrogen-bond acceptors (Lipinski definition) is 4. The number of hydrogen-bond donors (Lipinski definition) is 0. The molecule has 0 radical (unpaired) electrons. The Kier molecular flexibility index (Phi) is 3.61. The maximum Gasteiger partial charge on any atom is 0.186 e. The molecular formula is C16H24N2OS. The van der Waals surface area contributed by atoms with E-state index in [1.807, 2.05) is 0 Å². The Morgan fingerprint density at radius 2 is 2.10 bits per heavy atom. The molecule has 3 rings (SSSR count). The van der Waals surface area contributed by atoms with Crippen LogP contribution >= 0.6 is 11.3 Å². The number of carbonyl (C=O) groups excluding carboxylic acids is 1. The predicted molar refractivity (Wildman–Crippen MR) is 83.8 cm³/mol. The van der Waals surface area contributed by atoms with E-state index >= 15 is 0 Å². The zero-order chi connectivity index (χ0) is 14.3. The van der Waals surface area contributed by atoms with Crippen LogP contribution in [0.15, 0.2) is 0 Å². The molecule has 0 atom stereocenters. The lowest BCUT2D eigenvalue weighted by atomic mass is 9.78. The molecule has 1 aromatic rings. The Morgan fingerprint density at radius 3 is 2.75 bits per heavy atom. The van der Waals surface area contributed by atoms with Gasteiger partial charge < -0.3 is 4.90 Å². The largest absolute Gasteiger partial charge is 0.348 e.